The van der Waals surface area contributed by atoms with Gasteiger partial charge in [-0.25, -0.2) is 9.78 Å². The lowest BCUT2D eigenvalue weighted by Gasteiger charge is -2.16. The Morgan fingerprint density at radius 1 is 1.58 bits per heavy atom. The van der Waals surface area contributed by atoms with Gasteiger partial charge in [-0.05, 0) is 18.6 Å². The summed E-state index contributed by atoms with van der Waals surface area (Å²) in [5.74, 6) is -0.113. The number of hydrogen-bond donors (Lipinski definition) is 1. The maximum Gasteiger partial charge on any atom is 0.407 e. The zero-order valence-corrected chi connectivity index (χ0v) is 11.2. The number of alkyl carbamates (subject to hydrolysis) is 1. The maximum absolute atomic E-state index is 12.2. The fourth-order valence-corrected chi connectivity index (χ4v) is 2.18. The van der Waals surface area contributed by atoms with E-state index < -0.39 is 6.09 Å². The standard InChI is InChI=1S/C12H14ClN3O3/c1-19-12(18)15-9-3-5-16(7-9)11(17)8-2-4-14-10(13)6-8/h2,4,6,9H,3,5,7H2,1H3,(H,15,18). The van der Waals surface area contributed by atoms with Gasteiger partial charge in [0.15, 0.2) is 0 Å². The van der Waals surface area contributed by atoms with Crippen LogP contribution in [0, 0.1) is 0 Å². The predicted molar refractivity (Wildman–Crippen MR) is 69.1 cm³/mol. The van der Waals surface area contributed by atoms with Crippen molar-refractivity contribution in [3.8, 4) is 0 Å². The second-order valence-electron chi connectivity index (χ2n) is 4.24. The van der Waals surface area contributed by atoms with Crippen molar-refractivity contribution < 1.29 is 14.3 Å². The van der Waals surface area contributed by atoms with E-state index in [2.05, 4.69) is 15.0 Å². The number of halogens is 1. The van der Waals surface area contributed by atoms with Crippen molar-refractivity contribution in [3.05, 3.63) is 29.0 Å². The highest BCUT2D eigenvalue weighted by Gasteiger charge is 2.28. The zero-order valence-electron chi connectivity index (χ0n) is 10.4. The summed E-state index contributed by atoms with van der Waals surface area (Å²) in [6, 6.07) is 3.08. The number of aromatic nitrogens is 1. The molecule has 0 aromatic carbocycles. The average molecular weight is 284 g/mol. The van der Waals surface area contributed by atoms with Gasteiger partial charge in [-0.2, -0.15) is 0 Å². The van der Waals surface area contributed by atoms with Crippen LogP contribution >= 0.6 is 11.6 Å². The van der Waals surface area contributed by atoms with Crippen LogP contribution in [-0.2, 0) is 4.74 Å². The van der Waals surface area contributed by atoms with E-state index in [-0.39, 0.29) is 17.1 Å². The van der Waals surface area contributed by atoms with Crippen LogP contribution in [0.25, 0.3) is 0 Å². The van der Waals surface area contributed by atoms with Crippen LogP contribution in [0.5, 0.6) is 0 Å². The third kappa shape index (κ3) is 3.35. The number of hydrogen-bond acceptors (Lipinski definition) is 4. The third-order valence-corrected chi connectivity index (χ3v) is 3.16. The Bertz CT molecular complexity index is 495. The average Bonchev–Trinajstić information content (AvgIpc) is 2.86. The lowest BCUT2D eigenvalue weighted by molar-refractivity contribution is 0.0788. The number of carbonyl (C=O) groups excluding carboxylic acids is 2. The molecule has 19 heavy (non-hydrogen) atoms. The Hall–Kier alpha value is -1.82. The lowest BCUT2D eigenvalue weighted by atomic mass is 10.2. The van der Waals surface area contributed by atoms with Gasteiger partial charge in [0.05, 0.1) is 13.2 Å². The highest BCUT2D eigenvalue weighted by molar-refractivity contribution is 6.29. The molecule has 1 aliphatic heterocycles. The van der Waals surface area contributed by atoms with Crippen molar-refractivity contribution in [3.63, 3.8) is 0 Å². The summed E-state index contributed by atoms with van der Waals surface area (Å²) < 4.78 is 4.53. The van der Waals surface area contributed by atoms with Gasteiger partial charge >= 0.3 is 6.09 Å². The fourth-order valence-electron chi connectivity index (χ4n) is 2.01. The summed E-state index contributed by atoms with van der Waals surface area (Å²) in [5, 5.41) is 2.97. The monoisotopic (exact) mass is 283 g/mol. The molecule has 0 aliphatic carbocycles. The first-order chi connectivity index (χ1) is 9.10. The Morgan fingerprint density at radius 2 is 2.37 bits per heavy atom. The number of rotatable bonds is 2. The van der Waals surface area contributed by atoms with Crippen LogP contribution in [0.3, 0.4) is 0 Å². The molecule has 1 aromatic rings. The largest absolute Gasteiger partial charge is 0.453 e. The van der Waals surface area contributed by atoms with Gasteiger partial charge in [0.1, 0.15) is 5.15 Å². The number of pyridine rings is 1. The lowest BCUT2D eigenvalue weighted by Crippen LogP contribution is -2.38. The zero-order chi connectivity index (χ0) is 13.8. The van der Waals surface area contributed by atoms with Gasteiger partial charge < -0.3 is 15.0 Å². The minimum absolute atomic E-state index is 0.0753. The van der Waals surface area contributed by atoms with Crippen LogP contribution < -0.4 is 5.32 Å². The number of likely N-dealkylation sites (tertiary alicyclic amines) is 1. The van der Waals surface area contributed by atoms with Crippen molar-refractivity contribution in [1.29, 1.82) is 0 Å². The van der Waals surface area contributed by atoms with Crippen LogP contribution in [-0.4, -0.2) is 48.1 Å². The summed E-state index contributed by atoms with van der Waals surface area (Å²) in [7, 11) is 1.31. The topological polar surface area (TPSA) is 71.5 Å². The molecule has 102 valence electrons. The Kier molecular flexibility index (Phi) is 4.21. The highest BCUT2D eigenvalue weighted by atomic mass is 35.5. The second kappa shape index (κ2) is 5.88. The van der Waals surface area contributed by atoms with E-state index in [1.165, 1.54) is 19.4 Å². The normalized spacial score (nSPS) is 18.2. The predicted octanol–water partition coefficient (Wildman–Crippen LogP) is 1.31. The number of carbonyl (C=O) groups is 2. The molecule has 6 nitrogen and oxygen atoms in total. The number of amides is 2. The van der Waals surface area contributed by atoms with Crippen LogP contribution in [0.2, 0.25) is 5.15 Å². The first kappa shape index (κ1) is 13.6. The van der Waals surface area contributed by atoms with Gasteiger partial charge in [-0.3, -0.25) is 4.79 Å². The van der Waals surface area contributed by atoms with Crippen molar-refractivity contribution in [2.24, 2.45) is 0 Å². The molecular weight excluding hydrogens is 270 g/mol. The van der Waals surface area contributed by atoms with Crippen LogP contribution in [0.15, 0.2) is 18.3 Å². The fraction of sp³-hybridized carbons (Fsp3) is 0.417. The first-order valence-corrected chi connectivity index (χ1v) is 6.23. The molecule has 2 amide bonds. The van der Waals surface area contributed by atoms with E-state index in [9.17, 15) is 9.59 Å². The van der Waals surface area contributed by atoms with Crippen molar-refractivity contribution in [2.75, 3.05) is 20.2 Å². The molecule has 2 rings (SSSR count). The van der Waals surface area contributed by atoms with E-state index >= 15 is 0 Å². The van der Waals surface area contributed by atoms with Gasteiger partial charge in [-0.15, -0.1) is 0 Å². The molecule has 0 spiro atoms. The number of nitrogens with zero attached hydrogens (tertiary/aromatic N) is 2. The smallest absolute Gasteiger partial charge is 0.407 e. The Morgan fingerprint density at radius 3 is 3.05 bits per heavy atom. The van der Waals surface area contributed by atoms with Gasteiger partial charge in [0.25, 0.3) is 5.91 Å². The molecule has 1 N–H and O–H groups in total. The quantitative estimate of drug-likeness (QED) is 0.831. The number of nitrogens with one attached hydrogen (secondary N) is 1. The van der Waals surface area contributed by atoms with Crippen LogP contribution in [0.4, 0.5) is 4.79 Å². The minimum Gasteiger partial charge on any atom is -0.453 e. The van der Waals surface area contributed by atoms with E-state index in [1.54, 1.807) is 11.0 Å². The molecule has 1 atom stereocenters. The summed E-state index contributed by atoms with van der Waals surface area (Å²) >= 11 is 5.76. The molecule has 1 unspecified atom stereocenters. The first-order valence-electron chi connectivity index (χ1n) is 5.85. The Balaban J connectivity index is 1.97. The molecule has 0 radical (unpaired) electrons. The summed E-state index contributed by atoms with van der Waals surface area (Å²) in [4.78, 5) is 28.8. The van der Waals surface area contributed by atoms with Crippen LogP contribution in [0.1, 0.15) is 16.8 Å². The molecule has 1 fully saturated rings. The summed E-state index contributed by atoms with van der Waals surface area (Å²) in [6.07, 6.45) is 1.72. The van der Waals surface area contributed by atoms with Gasteiger partial charge in [0.2, 0.25) is 0 Å². The van der Waals surface area contributed by atoms with E-state index in [0.29, 0.717) is 25.1 Å². The third-order valence-electron chi connectivity index (χ3n) is 2.96. The summed E-state index contributed by atoms with van der Waals surface area (Å²) in [6.45, 7) is 1.06. The molecule has 1 aromatic heterocycles. The maximum atomic E-state index is 12.2. The highest BCUT2D eigenvalue weighted by Crippen LogP contribution is 2.15. The molecule has 0 saturated carbocycles. The Labute approximate surface area is 115 Å². The SMILES string of the molecule is COC(=O)NC1CCN(C(=O)c2ccnc(Cl)c2)C1. The molecule has 1 saturated heterocycles. The molecule has 0 bridgehead atoms. The second-order valence-corrected chi connectivity index (χ2v) is 4.63. The summed E-state index contributed by atoms with van der Waals surface area (Å²) in [5.41, 5.74) is 0.499. The van der Waals surface area contributed by atoms with Gasteiger partial charge in [-0.1, -0.05) is 11.6 Å². The number of ether oxygens (including phenoxy) is 1. The molecule has 1 aliphatic rings. The molecule has 7 heteroatoms. The van der Waals surface area contributed by atoms with Crippen molar-refractivity contribution in [1.82, 2.24) is 15.2 Å². The van der Waals surface area contributed by atoms with Gasteiger partial charge in [0, 0.05) is 24.8 Å². The minimum atomic E-state index is -0.480. The van der Waals surface area contributed by atoms with Crippen molar-refractivity contribution in [2.45, 2.75) is 12.5 Å². The molecule has 2 heterocycles. The van der Waals surface area contributed by atoms with E-state index in [4.69, 9.17) is 11.6 Å². The molecular formula is C12H14ClN3O3. The van der Waals surface area contributed by atoms with E-state index in [0.717, 1.165) is 0 Å². The number of methoxy groups -OCH3 is 1. The van der Waals surface area contributed by atoms with Crippen molar-refractivity contribution >= 4 is 23.6 Å². The van der Waals surface area contributed by atoms with E-state index in [1.807, 2.05) is 0 Å².